The molecule has 11 heavy (non-hydrogen) atoms. The second-order valence-corrected chi connectivity index (χ2v) is 1.94. The first-order chi connectivity index (χ1) is 5.16. The van der Waals surface area contributed by atoms with E-state index in [1.165, 1.54) is 0 Å². The summed E-state index contributed by atoms with van der Waals surface area (Å²) in [5.74, 6) is -1.83. The molecule has 0 saturated carbocycles. The Labute approximate surface area is 61.7 Å². The summed E-state index contributed by atoms with van der Waals surface area (Å²) in [6, 6.07) is 0. The lowest BCUT2D eigenvalue weighted by molar-refractivity contribution is -0.137. The average Bonchev–Trinajstić information content (AvgIpc) is 2.01. The Morgan fingerprint density at radius 2 is 2.18 bits per heavy atom. The van der Waals surface area contributed by atoms with Gasteiger partial charge in [-0.25, -0.2) is 0 Å². The van der Waals surface area contributed by atoms with Gasteiger partial charge in [0.25, 0.3) is 0 Å². The molecule has 0 bridgehead atoms. The van der Waals surface area contributed by atoms with Gasteiger partial charge < -0.3 is 10.2 Å². The van der Waals surface area contributed by atoms with Gasteiger partial charge in [0.2, 0.25) is 11.6 Å². The number of nitrogens with zero attached hydrogens (tertiary/aromatic N) is 1. The maximum Gasteiger partial charge on any atom is 0.242 e. The Balaban J connectivity index is 3.03. The highest BCUT2D eigenvalue weighted by Crippen LogP contribution is 2.08. The van der Waals surface area contributed by atoms with E-state index in [-0.39, 0.29) is 5.70 Å². The Morgan fingerprint density at radius 3 is 2.73 bits per heavy atom. The molecule has 2 N–H and O–H groups in total. The summed E-state index contributed by atoms with van der Waals surface area (Å²) in [5.41, 5.74) is -0.213. The lowest BCUT2D eigenvalue weighted by atomic mass is 10.1. The first-order valence-electron chi connectivity index (χ1n) is 2.81. The predicted octanol–water partition coefficient (Wildman–Crippen LogP) is -1.03. The van der Waals surface area contributed by atoms with E-state index in [1.54, 1.807) is 0 Å². The second kappa shape index (κ2) is 2.63. The van der Waals surface area contributed by atoms with E-state index in [0.717, 1.165) is 6.21 Å². The highest BCUT2D eigenvalue weighted by Gasteiger charge is 2.29. The lowest BCUT2D eigenvalue weighted by Crippen LogP contribution is -2.34. The molecule has 5 heteroatoms. The zero-order valence-electron chi connectivity index (χ0n) is 5.39. The molecule has 1 heterocycles. The number of hydrogen-bond acceptors (Lipinski definition) is 5. The van der Waals surface area contributed by atoms with Crippen LogP contribution in [0.2, 0.25) is 0 Å². The molecule has 1 atom stereocenters. The summed E-state index contributed by atoms with van der Waals surface area (Å²) in [6.45, 7) is 0. The van der Waals surface area contributed by atoms with E-state index in [0.29, 0.717) is 6.26 Å². The van der Waals surface area contributed by atoms with Crippen LogP contribution in [-0.2, 0) is 9.59 Å². The lowest BCUT2D eigenvalue weighted by Gasteiger charge is -2.10. The normalized spacial score (nSPS) is 28.1. The monoisotopic (exact) mass is 155 g/mol. The van der Waals surface area contributed by atoms with Crippen LogP contribution < -0.4 is 0 Å². The highest BCUT2D eigenvalue weighted by atomic mass is 16.3. The Hall–Kier alpha value is -1.49. The number of aliphatic imine (C=N–C) groups is 1. The predicted molar refractivity (Wildman–Crippen MR) is 35.2 cm³/mol. The van der Waals surface area contributed by atoms with Crippen molar-refractivity contribution in [2.45, 2.75) is 6.10 Å². The summed E-state index contributed by atoms with van der Waals surface area (Å²) in [6.07, 6.45) is -0.361. The van der Waals surface area contributed by atoms with Crippen LogP contribution in [0.3, 0.4) is 0 Å². The molecule has 0 aromatic rings. The summed E-state index contributed by atoms with van der Waals surface area (Å²) >= 11 is 0. The second-order valence-electron chi connectivity index (χ2n) is 1.94. The molecule has 1 rings (SSSR count). The van der Waals surface area contributed by atoms with Crippen LogP contribution in [0, 0.1) is 0 Å². The Bertz CT molecular complexity index is 266. The van der Waals surface area contributed by atoms with Crippen molar-refractivity contribution in [3.8, 4) is 0 Å². The molecular weight excluding hydrogens is 150 g/mol. The summed E-state index contributed by atoms with van der Waals surface area (Å²) in [5, 5.41) is 17.3. The van der Waals surface area contributed by atoms with Crippen molar-refractivity contribution in [3.63, 3.8) is 0 Å². The largest absolute Gasteiger partial charge is 0.514 e. The minimum atomic E-state index is -1.61. The standard InChI is InChI=1S/C6H5NO4/c8-2-3-5(10)6(11)4(9)1-7-3/h1-2,5,8,10H/b3-2-. The van der Waals surface area contributed by atoms with E-state index in [2.05, 4.69) is 4.99 Å². The van der Waals surface area contributed by atoms with Crippen molar-refractivity contribution in [2.75, 3.05) is 0 Å². The van der Waals surface area contributed by atoms with E-state index in [4.69, 9.17) is 10.2 Å². The third-order valence-electron chi connectivity index (χ3n) is 1.23. The highest BCUT2D eigenvalue weighted by molar-refractivity contribution is 6.61. The van der Waals surface area contributed by atoms with Crippen LogP contribution in [0.1, 0.15) is 0 Å². The fourth-order valence-corrected chi connectivity index (χ4v) is 0.640. The third kappa shape index (κ3) is 1.18. The molecule has 0 saturated heterocycles. The van der Waals surface area contributed by atoms with E-state index in [1.807, 2.05) is 0 Å². The molecule has 0 fully saturated rings. The molecule has 58 valence electrons. The average molecular weight is 155 g/mol. The van der Waals surface area contributed by atoms with Crippen LogP contribution in [-0.4, -0.2) is 34.1 Å². The zero-order valence-corrected chi connectivity index (χ0v) is 5.39. The number of carbonyl (C=O) groups excluding carboxylic acids is 2. The molecule has 0 aromatic heterocycles. The number of carbonyl (C=O) groups is 2. The molecule has 0 amide bonds. The van der Waals surface area contributed by atoms with Crippen molar-refractivity contribution in [1.29, 1.82) is 0 Å². The van der Waals surface area contributed by atoms with Crippen LogP contribution in [0.4, 0.5) is 0 Å². The smallest absolute Gasteiger partial charge is 0.242 e. The van der Waals surface area contributed by atoms with Crippen LogP contribution in [0.15, 0.2) is 17.0 Å². The van der Waals surface area contributed by atoms with Crippen molar-refractivity contribution >= 4 is 17.8 Å². The molecule has 1 aliphatic rings. The van der Waals surface area contributed by atoms with Gasteiger partial charge in [-0.3, -0.25) is 14.6 Å². The maximum atomic E-state index is 10.7. The number of ketones is 2. The van der Waals surface area contributed by atoms with Gasteiger partial charge >= 0.3 is 0 Å². The molecule has 0 aliphatic carbocycles. The van der Waals surface area contributed by atoms with Gasteiger partial charge in [-0.1, -0.05) is 0 Å². The molecule has 0 spiro atoms. The van der Waals surface area contributed by atoms with Crippen molar-refractivity contribution in [2.24, 2.45) is 4.99 Å². The van der Waals surface area contributed by atoms with Gasteiger partial charge in [0.1, 0.15) is 12.0 Å². The third-order valence-corrected chi connectivity index (χ3v) is 1.23. The van der Waals surface area contributed by atoms with Gasteiger partial charge in [-0.2, -0.15) is 0 Å². The quantitative estimate of drug-likeness (QED) is 0.346. The summed E-state index contributed by atoms with van der Waals surface area (Å²) in [7, 11) is 0. The SMILES string of the molecule is O=C1C=N/C(=C\O)C(O)C1=O. The minimum Gasteiger partial charge on any atom is -0.514 e. The number of aliphatic hydroxyl groups excluding tert-OH is 2. The number of rotatable bonds is 0. The van der Waals surface area contributed by atoms with Gasteiger partial charge in [-0.15, -0.1) is 0 Å². The molecule has 1 aliphatic heterocycles. The maximum absolute atomic E-state index is 10.7. The molecule has 0 radical (unpaired) electrons. The summed E-state index contributed by atoms with van der Waals surface area (Å²) < 4.78 is 0. The number of aliphatic hydroxyl groups is 2. The molecule has 1 unspecified atom stereocenters. The molecular formula is C6H5NO4. The summed E-state index contributed by atoms with van der Waals surface area (Å²) in [4.78, 5) is 24.5. The van der Waals surface area contributed by atoms with Crippen LogP contribution >= 0.6 is 0 Å². The van der Waals surface area contributed by atoms with Gasteiger partial charge in [0, 0.05) is 0 Å². The van der Waals surface area contributed by atoms with Gasteiger partial charge in [-0.05, 0) is 0 Å². The van der Waals surface area contributed by atoms with E-state index in [9.17, 15) is 9.59 Å². The van der Waals surface area contributed by atoms with Crippen LogP contribution in [0.25, 0.3) is 0 Å². The van der Waals surface area contributed by atoms with Crippen LogP contribution in [0.5, 0.6) is 0 Å². The Morgan fingerprint density at radius 1 is 1.55 bits per heavy atom. The zero-order chi connectivity index (χ0) is 8.43. The Kier molecular flexibility index (Phi) is 1.82. The fourth-order valence-electron chi connectivity index (χ4n) is 0.640. The van der Waals surface area contributed by atoms with Gasteiger partial charge in [0.15, 0.2) is 6.10 Å². The topological polar surface area (TPSA) is 87.0 Å². The van der Waals surface area contributed by atoms with Gasteiger partial charge in [0.05, 0.1) is 6.21 Å². The van der Waals surface area contributed by atoms with Crippen molar-refractivity contribution < 1.29 is 19.8 Å². The first kappa shape index (κ1) is 7.62. The molecule has 0 aromatic carbocycles. The number of hydrogen-bond donors (Lipinski definition) is 2. The van der Waals surface area contributed by atoms with E-state index >= 15 is 0 Å². The fraction of sp³-hybridized carbons (Fsp3) is 0.167. The number of Topliss-reactive ketones (excluding diaryl/α,β-unsaturated/α-hetero) is 2. The minimum absolute atomic E-state index is 0.213. The molecule has 5 nitrogen and oxygen atoms in total. The van der Waals surface area contributed by atoms with Crippen molar-refractivity contribution in [3.05, 3.63) is 12.0 Å². The van der Waals surface area contributed by atoms with Crippen molar-refractivity contribution in [1.82, 2.24) is 0 Å². The van der Waals surface area contributed by atoms with E-state index < -0.39 is 17.7 Å². The first-order valence-corrected chi connectivity index (χ1v) is 2.81.